The number of hydrogen-bond acceptors (Lipinski definition) is 5. The fourth-order valence-electron chi connectivity index (χ4n) is 3.23. The molecule has 1 amide bonds. The van der Waals surface area contributed by atoms with Gasteiger partial charge in [-0.05, 0) is 17.7 Å². The summed E-state index contributed by atoms with van der Waals surface area (Å²) in [6.07, 6.45) is 0.343. The molecule has 1 N–H and O–H groups in total. The molecule has 1 atom stereocenters. The molecule has 0 radical (unpaired) electrons. The van der Waals surface area contributed by atoms with E-state index in [1.165, 1.54) is 0 Å². The fourth-order valence-corrected chi connectivity index (χ4v) is 3.23. The van der Waals surface area contributed by atoms with Crippen molar-refractivity contribution < 1.29 is 23.7 Å². The van der Waals surface area contributed by atoms with Crippen LogP contribution in [-0.2, 0) is 4.79 Å². The predicted molar refractivity (Wildman–Crippen MR) is 87.2 cm³/mol. The average molecular weight is 327 g/mol. The molecule has 2 heterocycles. The van der Waals surface area contributed by atoms with Crippen molar-refractivity contribution in [3.8, 4) is 23.0 Å². The molecule has 0 aromatic heterocycles. The van der Waals surface area contributed by atoms with Crippen LogP contribution in [0.25, 0.3) is 0 Å². The molecule has 0 saturated carbocycles. The van der Waals surface area contributed by atoms with Crippen LogP contribution in [0.5, 0.6) is 23.0 Å². The van der Waals surface area contributed by atoms with Gasteiger partial charge in [-0.1, -0.05) is 6.07 Å². The van der Waals surface area contributed by atoms with Crippen LogP contribution in [0.4, 0.5) is 5.69 Å². The van der Waals surface area contributed by atoms with E-state index in [4.69, 9.17) is 18.9 Å². The number of benzene rings is 2. The minimum atomic E-state index is -0.121. The third-order valence-electron chi connectivity index (χ3n) is 4.40. The Bertz CT molecular complexity index is 817. The zero-order chi connectivity index (χ0) is 16.7. The van der Waals surface area contributed by atoms with Crippen LogP contribution in [0.15, 0.2) is 30.3 Å². The Kier molecular flexibility index (Phi) is 3.45. The van der Waals surface area contributed by atoms with E-state index in [0.29, 0.717) is 29.4 Å². The highest BCUT2D eigenvalue weighted by molar-refractivity contribution is 5.96. The highest BCUT2D eigenvalue weighted by Crippen LogP contribution is 2.46. The minimum Gasteiger partial charge on any atom is -0.497 e. The lowest BCUT2D eigenvalue weighted by Gasteiger charge is -2.27. The molecule has 0 unspecified atom stereocenters. The Labute approximate surface area is 139 Å². The second-order valence-corrected chi connectivity index (χ2v) is 5.71. The molecule has 2 aliphatic rings. The predicted octanol–water partition coefficient (Wildman–Crippen LogP) is 2.91. The fraction of sp³-hybridized carbons (Fsp3) is 0.278. The van der Waals surface area contributed by atoms with Crippen LogP contribution in [0.1, 0.15) is 23.5 Å². The van der Waals surface area contributed by atoms with E-state index in [1.807, 2.05) is 30.3 Å². The summed E-state index contributed by atoms with van der Waals surface area (Å²) in [6.45, 7) is 0.197. The number of fused-ring (bicyclic) bond motifs is 2. The van der Waals surface area contributed by atoms with Gasteiger partial charge >= 0.3 is 0 Å². The first-order chi connectivity index (χ1) is 11.7. The van der Waals surface area contributed by atoms with Crippen LogP contribution in [0.3, 0.4) is 0 Å². The maximum atomic E-state index is 12.2. The summed E-state index contributed by atoms with van der Waals surface area (Å²) in [5.41, 5.74) is 2.67. The molecule has 0 saturated heterocycles. The van der Waals surface area contributed by atoms with Crippen molar-refractivity contribution in [1.29, 1.82) is 0 Å². The molecule has 0 bridgehead atoms. The largest absolute Gasteiger partial charge is 0.497 e. The second kappa shape index (κ2) is 5.63. The lowest BCUT2D eigenvalue weighted by Crippen LogP contribution is -2.23. The summed E-state index contributed by atoms with van der Waals surface area (Å²) >= 11 is 0. The van der Waals surface area contributed by atoms with Crippen LogP contribution in [0.2, 0.25) is 0 Å². The van der Waals surface area contributed by atoms with E-state index >= 15 is 0 Å². The lowest BCUT2D eigenvalue weighted by molar-refractivity contribution is -0.116. The molecule has 24 heavy (non-hydrogen) atoms. The number of hydrogen-bond donors (Lipinski definition) is 1. The van der Waals surface area contributed by atoms with Crippen LogP contribution in [-0.4, -0.2) is 26.9 Å². The number of rotatable bonds is 3. The highest BCUT2D eigenvalue weighted by Gasteiger charge is 2.31. The van der Waals surface area contributed by atoms with Gasteiger partial charge in [-0.2, -0.15) is 0 Å². The van der Waals surface area contributed by atoms with Gasteiger partial charge in [-0.15, -0.1) is 0 Å². The quantitative estimate of drug-likeness (QED) is 0.939. The van der Waals surface area contributed by atoms with Crippen molar-refractivity contribution in [3.63, 3.8) is 0 Å². The van der Waals surface area contributed by atoms with E-state index in [9.17, 15) is 4.79 Å². The topological polar surface area (TPSA) is 66.0 Å². The van der Waals surface area contributed by atoms with Crippen molar-refractivity contribution in [2.45, 2.75) is 12.3 Å². The zero-order valence-electron chi connectivity index (χ0n) is 13.4. The number of carbonyl (C=O) groups excluding carboxylic acids is 1. The third kappa shape index (κ3) is 2.31. The van der Waals surface area contributed by atoms with Crippen molar-refractivity contribution in [2.75, 3.05) is 26.3 Å². The van der Waals surface area contributed by atoms with Crippen LogP contribution in [0, 0.1) is 0 Å². The standard InChI is InChI=1S/C18H17NO5/c1-21-10-3-4-11(15(5-10)22-2)12-7-18(20)19-14-8-17-16(6-13(12)14)23-9-24-17/h3-6,8,12H,7,9H2,1-2H3,(H,19,20)/t12-/m1/s1. The van der Waals surface area contributed by atoms with E-state index in [-0.39, 0.29) is 18.6 Å². The Morgan fingerprint density at radius 3 is 2.58 bits per heavy atom. The first-order valence-corrected chi connectivity index (χ1v) is 7.65. The molecule has 2 aliphatic heterocycles. The van der Waals surface area contributed by atoms with Crippen molar-refractivity contribution >= 4 is 11.6 Å². The van der Waals surface area contributed by atoms with Gasteiger partial charge in [0.2, 0.25) is 12.7 Å². The SMILES string of the molecule is COc1ccc([C@H]2CC(=O)Nc3cc4c(cc32)OCO4)c(OC)c1. The molecule has 4 rings (SSSR count). The lowest BCUT2D eigenvalue weighted by atomic mass is 9.84. The van der Waals surface area contributed by atoms with Crippen molar-refractivity contribution in [2.24, 2.45) is 0 Å². The second-order valence-electron chi connectivity index (χ2n) is 5.71. The van der Waals surface area contributed by atoms with Gasteiger partial charge in [0, 0.05) is 35.7 Å². The van der Waals surface area contributed by atoms with E-state index in [1.54, 1.807) is 14.2 Å². The summed E-state index contributed by atoms with van der Waals surface area (Å²) in [7, 11) is 3.22. The summed E-state index contributed by atoms with van der Waals surface area (Å²) in [5, 5.41) is 2.91. The Balaban J connectivity index is 1.84. The van der Waals surface area contributed by atoms with Gasteiger partial charge in [-0.3, -0.25) is 4.79 Å². The van der Waals surface area contributed by atoms with Gasteiger partial charge in [0.1, 0.15) is 11.5 Å². The van der Waals surface area contributed by atoms with Crippen LogP contribution < -0.4 is 24.3 Å². The molecule has 6 nitrogen and oxygen atoms in total. The van der Waals surface area contributed by atoms with Gasteiger partial charge in [-0.25, -0.2) is 0 Å². The molecule has 124 valence electrons. The Hall–Kier alpha value is -2.89. The van der Waals surface area contributed by atoms with Crippen molar-refractivity contribution in [3.05, 3.63) is 41.5 Å². The smallest absolute Gasteiger partial charge is 0.231 e. The maximum absolute atomic E-state index is 12.2. The number of anilines is 1. The van der Waals surface area contributed by atoms with E-state index < -0.39 is 0 Å². The number of nitrogens with one attached hydrogen (secondary N) is 1. The van der Waals surface area contributed by atoms with Gasteiger partial charge < -0.3 is 24.3 Å². The van der Waals surface area contributed by atoms with Crippen molar-refractivity contribution in [1.82, 2.24) is 0 Å². The normalized spacial score (nSPS) is 17.9. The maximum Gasteiger partial charge on any atom is 0.231 e. The summed E-state index contributed by atoms with van der Waals surface area (Å²) in [4.78, 5) is 12.2. The highest BCUT2D eigenvalue weighted by atomic mass is 16.7. The summed E-state index contributed by atoms with van der Waals surface area (Å²) in [6, 6.07) is 9.39. The first-order valence-electron chi connectivity index (χ1n) is 7.65. The van der Waals surface area contributed by atoms with E-state index in [0.717, 1.165) is 16.8 Å². The zero-order valence-corrected chi connectivity index (χ0v) is 13.4. The molecular weight excluding hydrogens is 310 g/mol. The number of carbonyl (C=O) groups is 1. The molecule has 0 spiro atoms. The minimum absolute atomic E-state index is 0.0377. The molecule has 2 aromatic rings. The number of ether oxygens (including phenoxy) is 4. The number of methoxy groups -OCH3 is 2. The number of amides is 1. The van der Waals surface area contributed by atoms with E-state index in [2.05, 4.69) is 5.32 Å². The molecule has 0 fully saturated rings. The summed E-state index contributed by atoms with van der Waals surface area (Å²) < 4.78 is 21.7. The first kappa shape index (κ1) is 14.7. The third-order valence-corrected chi connectivity index (χ3v) is 4.40. The average Bonchev–Trinajstić information content (AvgIpc) is 3.06. The Morgan fingerprint density at radius 1 is 1.04 bits per heavy atom. The van der Waals surface area contributed by atoms with Crippen LogP contribution >= 0.6 is 0 Å². The summed E-state index contributed by atoms with van der Waals surface area (Å²) in [5.74, 6) is 2.59. The van der Waals surface area contributed by atoms with Gasteiger partial charge in [0.15, 0.2) is 11.5 Å². The monoisotopic (exact) mass is 327 g/mol. The molecular formula is C18H17NO5. The van der Waals surface area contributed by atoms with Gasteiger partial charge in [0.05, 0.1) is 14.2 Å². The Morgan fingerprint density at radius 2 is 1.83 bits per heavy atom. The molecule has 0 aliphatic carbocycles. The van der Waals surface area contributed by atoms with Gasteiger partial charge in [0.25, 0.3) is 0 Å². The molecule has 6 heteroatoms. The molecule has 2 aromatic carbocycles.